The van der Waals surface area contributed by atoms with Crippen molar-refractivity contribution < 1.29 is 9.53 Å². The molecule has 28 heavy (non-hydrogen) atoms. The summed E-state index contributed by atoms with van der Waals surface area (Å²) in [4.78, 5) is 16.4. The van der Waals surface area contributed by atoms with Gasteiger partial charge in [0.05, 0.1) is 12.8 Å². The van der Waals surface area contributed by atoms with Gasteiger partial charge in [-0.05, 0) is 17.7 Å². The fraction of sp³-hybridized carbons (Fsp3) is 0.158. The predicted octanol–water partition coefficient (Wildman–Crippen LogP) is 3.88. The zero-order valence-corrected chi connectivity index (χ0v) is 16.7. The van der Waals surface area contributed by atoms with E-state index in [0.717, 1.165) is 15.2 Å². The van der Waals surface area contributed by atoms with Crippen molar-refractivity contribution in [2.75, 3.05) is 12.4 Å². The smallest absolute Gasteiger partial charge is 0.341 e. The number of methoxy groups -OCH3 is 1. The minimum Gasteiger partial charge on any atom is -0.465 e. The maximum atomic E-state index is 11.9. The largest absolute Gasteiger partial charge is 0.465 e. The third kappa shape index (κ3) is 4.15. The van der Waals surface area contributed by atoms with E-state index in [1.165, 1.54) is 24.0 Å². The molecule has 3 heterocycles. The Morgan fingerprint density at radius 3 is 2.89 bits per heavy atom. The van der Waals surface area contributed by atoms with E-state index in [-0.39, 0.29) is 0 Å². The molecular weight excluding hydrogens is 394 g/mol. The highest BCUT2D eigenvalue weighted by molar-refractivity contribution is 8.00. The van der Waals surface area contributed by atoms with Crippen molar-refractivity contribution in [2.24, 2.45) is 0 Å². The second-order valence-electron chi connectivity index (χ2n) is 5.88. The number of thioether (sulfide) groups is 1. The van der Waals surface area contributed by atoms with Crippen molar-refractivity contribution in [2.45, 2.75) is 16.6 Å². The number of carbonyl (C=O) groups excluding carboxylic acids is 1. The number of rotatable bonds is 7. The lowest BCUT2D eigenvalue weighted by Crippen LogP contribution is -2.03. The fourth-order valence-electron chi connectivity index (χ4n) is 2.65. The molecule has 1 N–H and O–H groups in total. The standard InChI is InChI=1S/C19H17N5O2S2/c1-26-17(25)15-8-5-9-24-11-14(21-16(15)24)12-27-19-23-22-18(28-19)20-10-13-6-3-2-4-7-13/h2-9,11H,10,12H2,1H3,(H,20,22). The van der Waals surface area contributed by atoms with Gasteiger partial charge in [0.25, 0.3) is 0 Å². The van der Waals surface area contributed by atoms with Crippen LogP contribution in [0.4, 0.5) is 5.13 Å². The minimum atomic E-state index is -0.395. The lowest BCUT2D eigenvalue weighted by Gasteiger charge is -2.00. The Bertz CT molecular complexity index is 1090. The molecule has 0 unspecified atom stereocenters. The molecule has 0 aliphatic carbocycles. The Kier molecular flexibility index (Phi) is 5.54. The second-order valence-corrected chi connectivity index (χ2v) is 8.08. The Balaban J connectivity index is 1.39. The molecule has 0 aliphatic rings. The molecule has 4 aromatic rings. The van der Waals surface area contributed by atoms with Gasteiger partial charge in [0.2, 0.25) is 5.13 Å². The van der Waals surface area contributed by atoms with Crippen molar-refractivity contribution in [1.29, 1.82) is 0 Å². The maximum Gasteiger partial charge on any atom is 0.341 e. The van der Waals surface area contributed by atoms with Gasteiger partial charge in [-0.15, -0.1) is 10.2 Å². The molecule has 0 spiro atoms. The molecule has 1 aromatic carbocycles. The van der Waals surface area contributed by atoms with Crippen LogP contribution >= 0.6 is 23.1 Å². The average molecular weight is 412 g/mol. The molecule has 0 atom stereocenters. The van der Waals surface area contributed by atoms with Crippen LogP contribution in [0.3, 0.4) is 0 Å². The summed E-state index contributed by atoms with van der Waals surface area (Å²) in [5.41, 5.74) is 3.09. The number of imidazole rings is 1. The molecule has 9 heteroatoms. The summed E-state index contributed by atoms with van der Waals surface area (Å²) in [6.45, 7) is 0.711. The van der Waals surface area contributed by atoms with Crippen molar-refractivity contribution in [1.82, 2.24) is 19.6 Å². The van der Waals surface area contributed by atoms with Gasteiger partial charge in [0.1, 0.15) is 5.56 Å². The quantitative estimate of drug-likeness (QED) is 0.365. The number of pyridine rings is 1. The van der Waals surface area contributed by atoms with Crippen LogP contribution in [-0.4, -0.2) is 32.7 Å². The van der Waals surface area contributed by atoms with E-state index in [9.17, 15) is 4.79 Å². The number of benzene rings is 1. The number of fused-ring (bicyclic) bond motifs is 1. The van der Waals surface area contributed by atoms with Gasteiger partial charge in [-0.3, -0.25) is 0 Å². The molecule has 0 aliphatic heterocycles. The van der Waals surface area contributed by atoms with Gasteiger partial charge in [-0.25, -0.2) is 9.78 Å². The lowest BCUT2D eigenvalue weighted by atomic mass is 10.2. The molecule has 142 valence electrons. The van der Waals surface area contributed by atoms with Crippen LogP contribution in [0, 0.1) is 0 Å². The Morgan fingerprint density at radius 2 is 2.07 bits per heavy atom. The van der Waals surface area contributed by atoms with E-state index < -0.39 is 5.97 Å². The summed E-state index contributed by atoms with van der Waals surface area (Å²) < 4.78 is 7.51. The van der Waals surface area contributed by atoms with Crippen LogP contribution in [-0.2, 0) is 17.0 Å². The molecule has 0 amide bonds. The first-order valence-electron chi connectivity index (χ1n) is 8.52. The highest BCUT2D eigenvalue weighted by atomic mass is 32.2. The zero-order valence-electron chi connectivity index (χ0n) is 15.0. The maximum absolute atomic E-state index is 11.9. The number of nitrogens with one attached hydrogen (secondary N) is 1. The predicted molar refractivity (Wildman–Crippen MR) is 110 cm³/mol. The summed E-state index contributed by atoms with van der Waals surface area (Å²) in [7, 11) is 1.37. The molecule has 7 nitrogen and oxygen atoms in total. The number of ether oxygens (including phenoxy) is 1. The van der Waals surface area contributed by atoms with Gasteiger partial charge in [0, 0.05) is 24.7 Å². The van der Waals surface area contributed by atoms with E-state index in [0.29, 0.717) is 23.5 Å². The highest BCUT2D eigenvalue weighted by Crippen LogP contribution is 2.28. The van der Waals surface area contributed by atoms with Crippen LogP contribution in [0.5, 0.6) is 0 Å². The van der Waals surface area contributed by atoms with E-state index >= 15 is 0 Å². The average Bonchev–Trinajstić information content (AvgIpc) is 3.37. The lowest BCUT2D eigenvalue weighted by molar-refractivity contribution is 0.0602. The molecule has 0 bridgehead atoms. The minimum absolute atomic E-state index is 0.395. The third-order valence-corrected chi connectivity index (χ3v) is 6.02. The zero-order chi connectivity index (χ0) is 19.3. The van der Waals surface area contributed by atoms with Crippen LogP contribution in [0.25, 0.3) is 5.65 Å². The Morgan fingerprint density at radius 1 is 1.21 bits per heavy atom. The van der Waals surface area contributed by atoms with Gasteiger partial charge < -0.3 is 14.5 Å². The number of aromatic nitrogens is 4. The van der Waals surface area contributed by atoms with E-state index in [2.05, 4.69) is 32.6 Å². The molecule has 4 rings (SSSR count). The first-order valence-corrected chi connectivity index (χ1v) is 10.3. The van der Waals surface area contributed by atoms with Crippen molar-refractivity contribution in [3.63, 3.8) is 0 Å². The topological polar surface area (TPSA) is 81.4 Å². The number of nitrogens with zero attached hydrogens (tertiary/aromatic N) is 4. The van der Waals surface area contributed by atoms with E-state index in [4.69, 9.17) is 4.74 Å². The van der Waals surface area contributed by atoms with Crippen LogP contribution < -0.4 is 5.32 Å². The van der Waals surface area contributed by atoms with Crippen molar-refractivity contribution in [3.05, 3.63) is 71.7 Å². The van der Waals surface area contributed by atoms with Gasteiger partial charge in [-0.1, -0.05) is 53.4 Å². The number of carbonyl (C=O) groups is 1. The highest BCUT2D eigenvalue weighted by Gasteiger charge is 2.14. The normalized spacial score (nSPS) is 10.9. The van der Waals surface area contributed by atoms with Gasteiger partial charge in [0.15, 0.2) is 9.99 Å². The second kappa shape index (κ2) is 8.41. The molecule has 3 aromatic heterocycles. The summed E-state index contributed by atoms with van der Waals surface area (Å²) in [6.07, 6.45) is 3.77. The first kappa shape index (κ1) is 18.5. The number of hydrogen-bond acceptors (Lipinski definition) is 8. The summed E-state index contributed by atoms with van der Waals surface area (Å²) in [5, 5.41) is 12.5. The number of esters is 1. The summed E-state index contributed by atoms with van der Waals surface area (Å²) in [5.74, 6) is 0.240. The monoisotopic (exact) mass is 411 g/mol. The number of anilines is 1. The van der Waals surface area contributed by atoms with E-state index in [1.54, 1.807) is 23.9 Å². The molecule has 0 fully saturated rings. The van der Waals surface area contributed by atoms with Crippen molar-refractivity contribution >= 4 is 39.8 Å². The van der Waals surface area contributed by atoms with Crippen LogP contribution in [0.15, 0.2) is 59.2 Å². The number of hydrogen-bond donors (Lipinski definition) is 1. The molecule has 0 saturated heterocycles. The molecular formula is C19H17N5O2S2. The molecule has 0 radical (unpaired) electrons. The Hall–Kier alpha value is -2.91. The summed E-state index contributed by atoms with van der Waals surface area (Å²) >= 11 is 3.08. The van der Waals surface area contributed by atoms with Crippen LogP contribution in [0.2, 0.25) is 0 Å². The summed E-state index contributed by atoms with van der Waals surface area (Å²) in [6, 6.07) is 13.7. The molecule has 0 saturated carbocycles. The van der Waals surface area contributed by atoms with Crippen LogP contribution in [0.1, 0.15) is 21.6 Å². The van der Waals surface area contributed by atoms with Crippen molar-refractivity contribution in [3.8, 4) is 0 Å². The third-order valence-electron chi connectivity index (χ3n) is 3.97. The first-order chi connectivity index (χ1) is 13.7. The van der Waals surface area contributed by atoms with Gasteiger partial charge >= 0.3 is 5.97 Å². The van der Waals surface area contributed by atoms with Gasteiger partial charge in [-0.2, -0.15) is 0 Å². The Labute approximate surface area is 169 Å². The van der Waals surface area contributed by atoms with E-state index in [1.807, 2.05) is 35.0 Å². The SMILES string of the molecule is COC(=O)c1cccn2cc(CSc3nnc(NCc4ccccc4)s3)nc12. The fourth-order valence-corrected chi connectivity index (χ4v) is 4.28.